The van der Waals surface area contributed by atoms with E-state index in [1.165, 1.54) is 42.9 Å². The van der Waals surface area contributed by atoms with E-state index in [2.05, 4.69) is 102 Å². The summed E-state index contributed by atoms with van der Waals surface area (Å²) in [5.74, 6) is 3.20. The fourth-order valence-electron chi connectivity index (χ4n) is 8.35. The van der Waals surface area contributed by atoms with Gasteiger partial charge in [0.1, 0.15) is 17.4 Å². The molecule has 18 heteroatoms. The van der Waals surface area contributed by atoms with Gasteiger partial charge in [0, 0.05) is 98.2 Å². The monoisotopic (exact) mass is 1010 g/mol. The second kappa shape index (κ2) is 23.6. The maximum absolute atomic E-state index is 12.8. The number of carbonyl (C=O) groups is 2. The molecule has 0 spiro atoms. The van der Waals surface area contributed by atoms with Gasteiger partial charge in [-0.2, -0.15) is 10.2 Å². The molecule has 70 heavy (non-hydrogen) atoms. The number of ketones is 1. The van der Waals surface area contributed by atoms with Crippen LogP contribution in [0.15, 0.2) is 110 Å². The van der Waals surface area contributed by atoms with Crippen molar-refractivity contribution in [2.24, 2.45) is 0 Å². The zero-order valence-electron chi connectivity index (χ0n) is 39.1. The van der Waals surface area contributed by atoms with E-state index in [1.807, 2.05) is 65.7 Å². The molecule has 4 aromatic carbocycles. The van der Waals surface area contributed by atoms with Crippen molar-refractivity contribution in [1.82, 2.24) is 55.4 Å². The van der Waals surface area contributed by atoms with Crippen molar-refractivity contribution >= 4 is 72.4 Å². The molecule has 5 N–H and O–H groups in total. The first-order chi connectivity index (χ1) is 34.3. The molecule has 2 fully saturated rings. The van der Waals surface area contributed by atoms with Gasteiger partial charge in [-0.05, 0) is 109 Å². The Morgan fingerprint density at radius 1 is 0.643 bits per heavy atom. The molecule has 1 amide bonds. The molecule has 0 aliphatic carbocycles. The fourth-order valence-corrected chi connectivity index (χ4v) is 8.35. The van der Waals surface area contributed by atoms with E-state index in [4.69, 9.17) is 14.5 Å². The van der Waals surface area contributed by atoms with Crippen molar-refractivity contribution < 1.29 is 19.1 Å². The van der Waals surface area contributed by atoms with Crippen LogP contribution in [-0.2, 0) is 45.2 Å². The Hall–Kier alpha value is -6.96. The average Bonchev–Trinajstić information content (AvgIpc) is 4.25. The number of ether oxygens (including phenoxy) is 2. The zero-order valence-corrected chi connectivity index (χ0v) is 40.7. The highest BCUT2D eigenvalue weighted by Gasteiger charge is 2.26. The number of halogens is 1. The van der Waals surface area contributed by atoms with Gasteiger partial charge in [-0.3, -0.25) is 24.7 Å². The summed E-state index contributed by atoms with van der Waals surface area (Å²) in [5.41, 5.74) is 10.9. The van der Waals surface area contributed by atoms with Crippen molar-refractivity contribution in [2.75, 3.05) is 62.0 Å². The highest BCUT2D eigenvalue weighted by atomic mass is 79.9. The molecule has 4 aliphatic heterocycles. The minimum Gasteiger partial charge on any atom is -0.381 e. The molecule has 8 aromatic rings. The van der Waals surface area contributed by atoms with Crippen molar-refractivity contribution in [3.8, 4) is 22.8 Å². The summed E-state index contributed by atoms with van der Waals surface area (Å²) in [5, 5.41) is 26.7. The van der Waals surface area contributed by atoms with Gasteiger partial charge in [0.2, 0.25) is 5.91 Å². The van der Waals surface area contributed by atoms with Crippen molar-refractivity contribution in [3.05, 3.63) is 132 Å². The van der Waals surface area contributed by atoms with Gasteiger partial charge >= 0.3 is 0 Å². The summed E-state index contributed by atoms with van der Waals surface area (Å²) >= 11 is 2.96. The Balaban J connectivity index is 0.000000147. The smallest absolute Gasteiger partial charge is 0.237 e. The summed E-state index contributed by atoms with van der Waals surface area (Å²) in [6, 6.07) is 28.4. The number of aromatic nitrogens is 8. The number of Topliss-reactive ketones (excluding diaryl/α,β-unsaturated/α-hetero) is 1. The van der Waals surface area contributed by atoms with Crippen LogP contribution in [0.5, 0.6) is 0 Å². The van der Waals surface area contributed by atoms with Crippen LogP contribution in [0.3, 0.4) is 0 Å². The SMILES string of the molecule is C1CCOCC1.CC(=O)CBr.O=C(CN1CCOCC1)N1Cc2ccc(-c3nccc(Nc4ccc5[nH]ncc5c4)n3)cc2C1.c1cc(Nc2ccc3[nH]ncc3c2)nc(-c2ccc3c(c2)CNC3)n1. The molecule has 0 radical (unpaired) electrons. The number of carbonyl (C=O) groups excluding carboxylic acids is 2. The highest BCUT2D eigenvalue weighted by Crippen LogP contribution is 2.29. The lowest BCUT2D eigenvalue weighted by molar-refractivity contribution is -0.134. The average molecular weight is 1010 g/mol. The topological polar surface area (TPSA) is 204 Å². The van der Waals surface area contributed by atoms with Crippen LogP contribution >= 0.6 is 15.9 Å². The Bertz CT molecular complexity index is 3030. The third-order valence-corrected chi connectivity index (χ3v) is 12.9. The molecule has 17 nitrogen and oxygen atoms in total. The first-order valence-corrected chi connectivity index (χ1v) is 24.7. The predicted octanol–water partition coefficient (Wildman–Crippen LogP) is 8.46. The first-order valence-electron chi connectivity index (χ1n) is 23.6. The third kappa shape index (κ3) is 12.8. The minimum atomic E-state index is 0.164. The molecule has 0 saturated carbocycles. The molecule has 4 aromatic heterocycles. The summed E-state index contributed by atoms with van der Waals surface area (Å²) < 4.78 is 10.5. The van der Waals surface area contributed by atoms with Crippen LogP contribution in [0.1, 0.15) is 48.4 Å². The number of morpholine rings is 1. The third-order valence-electron chi connectivity index (χ3n) is 12.1. The van der Waals surface area contributed by atoms with Gasteiger partial charge in [-0.1, -0.05) is 40.2 Å². The number of H-pyrrole nitrogens is 2. The minimum absolute atomic E-state index is 0.164. The summed E-state index contributed by atoms with van der Waals surface area (Å²) in [6.07, 6.45) is 11.1. The van der Waals surface area contributed by atoms with Crippen LogP contribution in [0.4, 0.5) is 23.0 Å². The van der Waals surface area contributed by atoms with Crippen molar-refractivity contribution in [2.45, 2.75) is 52.4 Å². The number of hydrogen-bond donors (Lipinski definition) is 5. The standard InChI is InChI=1S/C25H25N7O2.C19H16N6.C5H10O.C3H5BrO/c33-24(16-31-7-9-34-10-8-31)32-14-18-2-1-17(11-20(18)15-32)25-26-6-5-23(29-25)28-21-3-4-22-19(12-21)13-27-30-22;1-2-13-9-20-10-14(13)7-12(1)19-21-6-5-18(24-19)23-16-3-4-17-15(8-16)11-22-25-17;1-2-4-6-5-3-1;1-3(5)2-4/h1-6,11-13H,7-10,14-16H2,(H,27,30)(H,26,28,29);1-8,11,20H,9-10H2,(H,22,25)(H,21,23,24);1-5H2;2H2,1H3. The van der Waals surface area contributed by atoms with E-state index < -0.39 is 0 Å². The second-order valence-electron chi connectivity index (χ2n) is 17.3. The molecular weight excluding hydrogens is 951 g/mol. The van der Waals surface area contributed by atoms with E-state index in [-0.39, 0.29) is 11.7 Å². The molecule has 0 atom stereocenters. The lowest BCUT2D eigenvalue weighted by Gasteiger charge is -2.27. The van der Waals surface area contributed by atoms with Crippen LogP contribution in [0.25, 0.3) is 44.6 Å². The molecular formula is C52H56BrN13O4. The number of amides is 1. The Labute approximate surface area is 414 Å². The molecule has 12 rings (SSSR count). The molecule has 2 saturated heterocycles. The van der Waals surface area contributed by atoms with Crippen LogP contribution in [0, 0.1) is 0 Å². The lowest BCUT2D eigenvalue weighted by Crippen LogP contribution is -2.43. The van der Waals surface area contributed by atoms with E-state index in [9.17, 15) is 9.59 Å². The number of rotatable bonds is 9. The van der Waals surface area contributed by atoms with E-state index in [1.54, 1.807) is 18.6 Å². The van der Waals surface area contributed by atoms with E-state index in [0.29, 0.717) is 44.0 Å². The van der Waals surface area contributed by atoms with Gasteiger partial charge in [0.05, 0.1) is 48.5 Å². The van der Waals surface area contributed by atoms with Crippen molar-refractivity contribution in [3.63, 3.8) is 0 Å². The predicted molar refractivity (Wildman–Crippen MR) is 275 cm³/mol. The number of nitrogens with zero attached hydrogens (tertiary/aromatic N) is 8. The van der Waals surface area contributed by atoms with Gasteiger partial charge in [0.15, 0.2) is 11.6 Å². The maximum atomic E-state index is 12.8. The Kier molecular flexibility index (Phi) is 16.2. The first kappa shape index (κ1) is 48.1. The molecule has 8 heterocycles. The van der Waals surface area contributed by atoms with Crippen LogP contribution in [-0.4, -0.2) is 113 Å². The normalized spacial score (nSPS) is 15.1. The molecule has 360 valence electrons. The summed E-state index contributed by atoms with van der Waals surface area (Å²) in [6.45, 7) is 10.1. The lowest BCUT2D eigenvalue weighted by atomic mass is 10.1. The van der Waals surface area contributed by atoms with E-state index >= 15 is 0 Å². The number of nitrogens with one attached hydrogen (secondary N) is 5. The quantitative estimate of drug-likeness (QED) is 0.0862. The Morgan fingerprint density at radius 2 is 1.19 bits per heavy atom. The number of fused-ring (bicyclic) bond motifs is 4. The number of anilines is 4. The van der Waals surface area contributed by atoms with Gasteiger partial charge in [-0.25, -0.2) is 19.9 Å². The largest absolute Gasteiger partial charge is 0.381 e. The number of hydrogen-bond acceptors (Lipinski definition) is 14. The molecule has 4 aliphatic rings. The van der Waals surface area contributed by atoms with Crippen LogP contribution in [0.2, 0.25) is 0 Å². The molecule has 0 unspecified atom stereocenters. The summed E-state index contributed by atoms with van der Waals surface area (Å²) in [7, 11) is 0. The second-order valence-corrected chi connectivity index (χ2v) is 17.9. The van der Waals surface area contributed by atoms with Gasteiger partial charge in [-0.15, -0.1) is 0 Å². The zero-order chi connectivity index (χ0) is 48.1. The fraction of sp³-hybridized carbons (Fsp3) is 0.308. The highest BCUT2D eigenvalue weighted by molar-refractivity contribution is 9.09. The Morgan fingerprint density at radius 3 is 1.74 bits per heavy atom. The number of alkyl halides is 1. The van der Waals surface area contributed by atoms with E-state index in [0.717, 1.165) is 107 Å². The molecule has 0 bridgehead atoms. The summed E-state index contributed by atoms with van der Waals surface area (Å²) in [4.78, 5) is 45.0. The maximum Gasteiger partial charge on any atom is 0.237 e. The number of benzene rings is 4. The van der Waals surface area contributed by atoms with Gasteiger partial charge < -0.3 is 30.3 Å². The van der Waals surface area contributed by atoms with Gasteiger partial charge in [0.25, 0.3) is 0 Å². The van der Waals surface area contributed by atoms with Crippen molar-refractivity contribution in [1.29, 1.82) is 0 Å². The van der Waals surface area contributed by atoms with Crippen LogP contribution < -0.4 is 16.0 Å². The number of aromatic amines is 2.